The predicted octanol–water partition coefficient (Wildman–Crippen LogP) is 7.53. The molecule has 0 fully saturated rings. The number of rotatable bonds is 15. The van der Waals surface area contributed by atoms with E-state index in [0.29, 0.717) is 5.56 Å². The zero-order valence-electron chi connectivity index (χ0n) is 29.6. The molecule has 264 valence electrons. The third-order valence-corrected chi connectivity index (χ3v) is 8.72. The summed E-state index contributed by atoms with van der Waals surface area (Å²) >= 11 is 0. The fourth-order valence-electron chi connectivity index (χ4n) is 6.21. The van der Waals surface area contributed by atoms with Crippen LogP contribution in [-0.2, 0) is 28.6 Å². The highest BCUT2D eigenvalue weighted by molar-refractivity contribution is 5.85. The summed E-state index contributed by atoms with van der Waals surface area (Å²) in [4.78, 5) is 54.8. The Bertz CT molecular complexity index is 1630. The Morgan fingerprint density at radius 1 is 0.860 bits per heavy atom. The molecule has 0 heterocycles. The first-order chi connectivity index (χ1) is 23.8. The predicted molar refractivity (Wildman–Crippen MR) is 193 cm³/mol. The Morgan fingerprint density at radius 3 is 1.98 bits per heavy atom. The van der Waals surface area contributed by atoms with E-state index in [0.717, 1.165) is 22.3 Å². The van der Waals surface area contributed by atoms with Crippen molar-refractivity contribution in [2.75, 3.05) is 13.7 Å². The summed E-state index contributed by atoms with van der Waals surface area (Å²) in [6, 6.07) is 23.4. The molecule has 0 aromatic heterocycles. The highest BCUT2D eigenvalue weighted by Crippen LogP contribution is 2.44. The van der Waals surface area contributed by atoms with Gasteiger partial charge < -0.3 is 24.4 Å². The molecule has 0 unspecified atom stereocenters. The molecule has 0 bridgehead atoms. The van der Waals surface area contributed by atoms with Crippen LogP contribution in [0.15, 0.2) is 104 Å². The van der Waals surface area contributed by atoms with E-state index in [9.17, 15) is 19.2 Å². The minimum atomic E-state index is -1.09. The molecule has 0 spiro atoms. The van der Waals surface area contributed by atoms with Crippen molar-refractivity contribution in [1.82, 2.24) is 10.2 Å². The standard InChI is InChI=1S/C41H48N2O7/c1-8-17-29(25-36(44)50-41(4,5)6)38(45)43(7)27(3)37(28-19-11-10-12-20-28)49-39(46)35(18-9-2)42-40(47)48-26-34-32-23-15-13-21-30(32)31-22-14-16-24-33(31)34/h8-16,19-24,27,29,34-35,37H,1-2,17-18,25-26H2,3-7H3,(H,42,47)/t27-,29-,35-,37-/m0/s1. The van der Waals surface area contributed by atoms with E-state index >= 15 is 0 Å². The summed E-state index contributed by atoms with van der Waals surface area (Å²) in [7, 11) is 1.61. The van der Waals surface area contributed by atoms with Gasteiger partial charge in [-0.15, -0.1) is 13.2 Å². The minimum absolute atomic E-state index is 0.0848. The van der Waals surface area contributed by atoms with Gasteiger partial charge in [0.1, 0.15) is 24.4 Å². The lowest BCUT2D eigenvalue weighted by Crippen LogP contribution is -2.46. The SMILES string of the molecule is C=CC[C@@H](CC(=O)OC(C)(C)C)C(=O)N(C)[C@@H](C)[C@H](OC(=O)[C@H](CC=C)NC(=O)OCC1c2ccccc2-c2ccccc21)c1ccccc1. The number of carbonyl (C=O) groups excluding carboxylic acids is 4. The monoisotopic (exact) mass is 680 g/mol. The van der Waals surface area contributed by atoms with Crippen molar-refractivity contribution in [3.8, 4) is 11.1 Å². The van der Waals surface area contributed by atoms with Crippen molar-refractivity contribution in [2.24, 2.45) is 5.92 Å². The van der Waals surface area contributed by atoms with Crippen molar-refractivity contribution < 1.29 is 33.4 Å². The number of likely N-dealkylation sites (N-methyl/N-ethyl adjacent to an activating group) is 1. The number of fused-ring (bicyclic) bond motifs is 3. The van der Waals surface area contributed by atoms with Gasteiger partial charge in [-0.2, -0.15) is 0 Å². The number of allylic oxidation sites excluding steroid dienone is 1. The van der Waals surface area contributed by atoms with Crippen LogP contribution in [0, 0.1) is 5.92 Å². The van der Waals surface area contributed by atoms with E-state index in [4.69, 9.17) is 14.2 Å². The zero-order chi connectivity index (χ0) is 36.4. The summed E-state index contributed by atoms with van der Waals surface area (Å²) in [6.07, 6.45) is 1.67. The van der Waals surface area contributed by atoms with Gasteiger partial charge >= 0.3 is 18.0 Å². The number of hydrogen-bond donors (Lipinski definition) is 1. The molecule has 3 aromatic rings. The van der Waals surface area contributed by atoms with Gasteiger partial charge in [0, 0.05) is 13.0 Å². The molecule has 4 atom stereocenters. The number of alkyl carbamates (subject to hydrolysis) is 1. The van der Waals surface area contributed by atoms with E-state index in [1.165, 1.54) is 11.0 Å². The van der Waals surface area contributed by atoms with Crippen LogP contribution in [0.4, 0.5) is 4.79 Å². The quantitative estimate of drug-likeness (QED) is 0.100. The van der Waals surface area contributed by atoms with Gasteiger partial charge in [0.15, 0.2) is 0 Å². The lowest BCUT2D eigenvalue weighted by atomic mass is 9.96. The molecule has 9 nitrogen and oxygen atoms in total. The molecule has 1 aliphatic carbocycles. The fourth-order valence-corrected chi connectivity index (χ4v) is 6.21. The highest BCUT2D eigenvalue weighted by Gasteiger charge is 2.36. The van der Waals surface area contributed by atoms with Gasteiger partial charge in [-0.05, 0) is 68.4 Å². The fraction of sp³-hybridized carbons (Fsp3) is 0.366. The van der Waals surface area contributed by atoms with Gasteiger partial charge in [0.05, 0.1) is 18.4 Å². The largest absolute Gasteiger partial charge is 0.460 e. The molecule has 4 rings (SSSR count). The summed E-state index contributed by atoms with van der Waals surface area (Å²) in [6.45, 7) is 14.7. The number of esters is 2. The molecular weight excluding hydrogens is 632 g/mol. The average molecular weight is 681 g/mol. The summed E-state index contributed by atoms with van der Waals surface area (Å²) < 4.78 is 17.2. The molecule has 2 amide bonds. The number of amides is 2. The van der Waals surface area contributed by atoms with Crippen molar-refractivity contribution >= 4 is 23.9 Å². The number of nitrogens with zero attached hydrogens (tertiary/aromatic N) is 1. The van der Waals surface area contributed by atoms with E-state index < -0.39 is 47.7 Å². The molecular formula is C41H48N2O7. The Balaban J connectivity index is 1.47. The first-order valence-electron chi connectivity index (χ1n) is 16.9. The normalized spacial score (nSPS) is 14.5. The Labute approximate surface area is 295 Å². The maximum atomic E-state index is 13.8. The topological polar surface area (TPSA) is 111 Å². The van der Waals surface area contributed by atoms with E-state index in [2.05, 4.69) is 30.6 Å². The molecule has 1 aliphatic rings. The van der Waals surface area contributed by atoms with E-state index in [-0.39, 0.29) is 37.7 Å². The summed E-state index contributed by atoms with van der Waals surface area (Å²) in [5, 5.41) is 2.66. The van der Waals surface area contributed by atoms with Crippen LogP contribution in [0.2, 0.25) is 0 Å². The maximum absolute atomic E-state index is 13.8. The average Bonchev–Trinajstić information content (AvgIpc) is 3.41. The minimum Gasteiger partial charge on any atom is -0.460 e. The van der Waals surface area contributed by atoms with Crippen molar-refractivity contribution in [3.63, 3.8) is 0 Å². The van der Waals surface area contributed by atoms with Gasteiger partial charge in [-0.1, -0.05) is 91.0 Å². The van der Waals surface area contributed by atoms with E-state index in [1.54, 1.807) is 53.0 Å². The molecule has 0 aliphatic heterocycles. The van der Waals surface area contributed by atoms with Crippen LogP contribution < -0.4 is 5.32 Å². The second-order valence-electron chi connectivity index (χ2n) is 13.5. The van der Waals surface area contributed by atoms with Crippen molar-refractivity contribution in [1.29, 1.82) is 0 Å². The highest BCUT2D eigenvalue weighted by atomic mass is 16.6. The second-order valence-corrected chi connectivity index (χ2v) is 13.5. The second kappa shape index (κ2) is 17.0. The molecule has 0 saturated heterocycles. The van der Waals surface area contributed by atoms with Crippen LogP contribution in [0.1, 0.15) is 75.7 Å². The van der Waals surface area contributed by atoms with Gasteiger partial charge in [-0.3, -0.25) is 9.59 Å². The lowest BCUT2D eigenvalue weighted by molar-refractivity contribution is -0.160. The molecule has 9 heteroatoms. The Morgan fingerprint density at radius 2 is 1.42 bits per heavy atom. The Kier molecular flexibility index (Phi) is 12.8. The third kappa shape index (κ3) is 9.49. The van der Waals surface area contributed by atoms with Gasteiger partial charge in [-0.25, -0.2) is 9.59 Å². The molecule has 3 aromatic carbocycles. The number of hydrogen-bond acceptors (Lipinski definition) is 7. The van der Waals surface area contributed by atoms with Crippen LogP contribution in [0.5, 0.6) is 0 Å². The summed E-state index contributed by atoms with van der Waals surface area (Å²) in [5.74, 6) is -2.38. The maximum Gasteiger partial charge on any atom is 0.407 e. The first kappa shape index (κ1) is 37.6. The molecule has 1 N–H and O–H groups in total. The van der Waals surface area contributed by atoms with Crippen molar-refractivity contribution in [3.05, 3.63) is 121 Å². The first-order valence-corrected chi connectivity index (χ1v) is 16.9. The Hall–Kier alpha value is -5.18. The molecule has 50 heavy (non-hydrogen) atoms. The number of nitrogens with one attached hydrogen (secondary N) is 1. The zero-order valence-corrected chi connectivity index (χ0v) is 29.6. The number of ether oxygens (including phenoxy) is 3. The smallest absolute Gasteiger partial charge is 0.407 e. The van der Waals surface area contributed by atoms with Gasteiger partial charge in [0.2, 0.25) is 5.91 Å². The van der Waals surface area contributed by atoms with Crippen LogP contribution in [0.25, 0.3) is 11.1 Å². The summed E-state index contributed by atoms with van der Waals surface area (Å²) in [5.41, 5.74) is 4.32. The van der Waals surface area contributed by atoms with Crippen molar-refractivity contribution in [2.45, 2.75) is 76.7 Å². The van der Waals surface area contributed by atoms with Crippen LogP contribution >= 0.6 is 0 Å². The molecule has 0 radical (unpaired) electrons. The lowest BCUT2D eigenvalue weighted by Gasteiger charge is -2.34. The number of carbonyl (C=O) groups is 4. The van der Waals surface area contributed by atoms with Crippen LogP contribution in [-0.4, -0.2) is 60.2 Å². The van der Waals surface area contributed by atoms with E-state index in [1.807, 2.05) is 54.6 Å². The van der Waals surface area contributed by atoms with Gasteiger partial charge in [0.25, 0.3) is 0 Å². The third-order valence-electron chi connectivity index (χ3n) is 8.72. The van der Waals surface area contributed by atoms with Crippen LogP contribution in [0.3, 0.4) is 0 Å². The molecule has 0 saturated carbocycles. The number of benzene rings is 3.